The van der Waals surface area contributed by atoms with Gasteiger partial charge in [0.15, 0.2) is 0 Å². The monoisotopic (exact) mass is 345 g/mol. The second-order valence-corrected chi connectivity index (χ2v) is 6.21. The highest BCUT2D eigenvalue weighted by Gasteiger charge is 2.24. The Morgan fingerprint density at radius 3 is 2.76 bits per heavy atom. The Kier molecular flexibility index (Phi) is 3.72. The van der Waals surface area contributed by atoms with E-state index in [4.69, 9.17) is 5.11 Å². The molecule has 0 saturated carbocycles. The minimum atomic E-state index is -0.916. The van der Waals surface area contributed by atoms with Gasteiger partial charge in [0.1, 0.15) is 0 Å². The summed E-state index contributed by atoms with van der Waals surface area (Å²) in [5.41, 5.74) is 3.86. The first-order chi connectivity index (χ1) is 10.1. The number of carbonyl (C=O) groups is 1. The standard InChI is InChI=1S/C17H16BrNO2/c1-11-6-7-12-4-2-3-5-16(12)19(11)13-8-9-14(17(20)21)15(18)10-13/h2-5,8-11H,6-7H2,1H3,(H,20,21). The first-order valence-electron chi connectivity index (χ1n) is 6.98. The van der Waals surface area contributed by atoms with Crippen LogP contribution in [0.3, 0.4) is 0 Å². The van der Waals surface area contributed by atoms with Crippen molar-refractivity contribution in [3.63, 3.8) is 0 Å². The summed E-state index contributed by atoms with van der Waals surface area (Å²) in [6.07, 6.45) is 2.18. The zero-order chi connectivity index (χ0) is 15.0. The van der Waals surface area contributed by atoms with Crippen molar-refractivity contribution in [2.75, 3.05) is 4.90 Å². The van der Waals surface area contributed by atoms with E-state index in [1.54, 1.807) is 6.07 Å². The van der Waals surface area contributed by atoms with Crippen LogP contribution in [-0.4, -0.2) is 17.1 Å². The maximum atomic E-state index is 11.1. The van der Waals surface area contributed by atoms with Crippen LogP contribution in [0, 0.1) is 0 Å². The van der Waals surface area contributed by atoms with Crippen LogP contribution in [0.25, 0.3) is 0 Å². The van der Waals surface area contributed by atoms with E-state index in [0.29, 0.717) is 10.5 Å². The SMILES string of the molecule is CC1CCc2ccccc2N1c1ccc(C(=O)O)c(Br)c1. The van der Waals surface area contributed by atoms with Gasteiger partial charge in [-0.3, -0.25) is 0 Å². The average molecular weight is 346 g/mol. The van der Waals surface area contributed by atoms with Gasteiger partial charge >= 0.3 is 5.97 Å². The third-order valence-electron chi connectivity index (χ3n) is 3.98. The minimum Gasteiger partial charge on any atom is -0.478 e. The molecule has 1 aliphatic rings. The average Bonchev–Trinajstić information content (AvgIpc) is 2.46. The number of hydrogen-bond acceptors (Lipinski definition) is 2. The lowest BCUT2D eigenvalue weighted by molar-refractivity contribution is 0.0696. The lowest BCUT2D eigenvalue weighted by atomic mass is 9.96. The van der Waals surface area contributed by atoms with Gasteiger partial charge in [0, 0.05) is 21.9 Å². The maximum Gasteiger partial charge on any atom is 0.336 e. The number of fused-ring (bicyclic) bond motifs is 1. The fourth-order valence-electron chi connectivity index (χ4n) is 2.91. The summed E-state index contributed by atoms with van der Waals surface area (Å²) < 4.78 is 0.614. The predicted molar refractivity (Wildman–Crippen MR) is 87.5 cm³/mol. The highest BCUT2D eigenvalue weighted by atomic mass is 79.9. The third kappa shape index (κ3) is 2.56. The Bertz CT molecular complexity index is 699. The number of hydrogen-bond donors (Lipinski definition) is 1. The Morgan fingerprint density at radius 2 is 2.05 bits per heavy atom. The van der Waals surface area contributed by atoms with E-state index in [9.17, 15) is 4.79 Å². The molecule has 2 aromatic rings. The number of aryl methyl sites for hydroxylation is 1. The molecule has 108 valence electrons. The highest BCUT2D eigenvalue weighted by molar-refractivity contribution is 9.10. The lowest BCUT2D eigenvalue weighted by Gasteiger charge is -2.37. The van der Waals surface area contributed by atoms with Crippen molar-refractivity contribution in [1.29, 1.82) is 0 Å². The molecule has 0 fully saturated rings. The van der Waals surface area contributed by atoms with E-state index in [2.05, 4.69) is 46.0 Å². The van der Waals surface area contributed by atoms with Gasteiger partial charge in [-0.2, -0.15) is 0 Å². The molecule has 0 saturated heterocycles. The van der Waals surface area contributed by atoms with Gasteiger partial charge in [-0.25, -0.2) is 4.79 Å². The van der Waals surface area contributed by atoms with Crippen LogP contribution in [0.2, 0.25) is 0 Å². The molecule has 1 heterocycles. The van der Waals surface area contributed by atoms with E-state index in [1.807, 2.05) is 18.2 Å². The Morgan fingerprint density at radius 1 is 1.29 bits per heavy atom. The van der Waals surface area contributed by atoms with Crippen molar-refractivity contribution in [1.82, 2.24) is 0 Å². The highest BCUT2D eigenvalue weighted by Crippen LogP contribution is 2.38. The molecule has 1 aliphatic heterocycles. The van der Waals surface area contributed by atoms with Crippen LogP contribution in [0.4, 0.5) is 11.4 Å². The Balaban J connectivity index is 2.07. The molecule has 21 heavy (non-hydrogen) atoms. The van der Waals surface area contributed by atoms with Crippen LogP contribution >= 0.6 is 15.9 Å². The number of rotatable bonds is 2. The number of aromatic carboxylic acids is 1. The second-order valence-electron chi connectivity index (χ2n) is 5.36. The Labute approximate surface area is 132 Å². The van der Waals surface area contributed by atoms with Gasteiger partial charge in [-0.05, 0) is 65.5 Å². The van der Waals surface area contributed by atoms with Crippen molar-refractivity contribution in [3.05, 3.63) is 58.1 Å². The first kappa shape index (κ1) is 14.1. The molecular formula is C17H16BrNO2. The van der Waals surface area contributed by atoms with Gasteiger partial charge < -0.3 is 10.0 Å². The minimum absolute atomic E-state index is 0.289. The molecule has 2 aromatic carbocycles. The summed E-state index contributed by atoms with van der Waals surface area (Å²) in [6, 6.07) is 14.2. The van der Waals surface area contributed by atoms with Gasteiger partial charge in [-0.15, -0.1) is 0 Å². The molecule has 0 bridgehead atoms. The smallest absolute Gasteiger partial charge is 0.336 e. The van der Waals surface area contributed by atoms with E-state index in [1.165, 1.54) is 11.3 Å². The van der Waals surface area contributed by atoms with Gasteiger partial charge in [-0.1, -0.05) is 18.2 Å². The van der Waals surface area contributed by atoms with Crippen LogP contribution in [0.15, 0.2) is 46.9 Å². The summed E-state index contributed by atoms with van der Waals surface area (Å²) in [4.78, 5) is 13.4. The molecule has 1 N–H and O–H groups in total. The molecule has 1 unspecified atom stereocenters. The Hall–Kier alpha value is -1.81. The number of anilines is 2. The van der Waals surface area contributed by atoms with Crippen molar-refractivity contribution < 1.29 is 9.90 Å². The normalized spacial score (nSPS) is 17.4. The molecule has 0 spiro atoms. The largest absolute Gasteiger partial charge is 0.478 e. The van der Waals surface area contributed by atoms with E-state index in [0.717, 1.165) is 18.5 Å². The van der Waals surface area contributed by atoms with Crippen molar-refractivity contribution in [2.45, 2.75) is 25.8 Å². The molecule has 0 aliphatic carbocycles. The van der Waals surface area contributed by atoms with Crippen LogP contribution in [0.1, 0.15) is 29.3 Å². The van der Waals surface area contributed by atoms with E-state index < -0.39 is 5.97 Å². The molecule has 3 nitrogen and oxygen atoms in total. The maximum absolute atomic E-state index is 11.1. The van der Waals surface area contributed by atoms with E-state index in [-0.39, 0.29) is 5.56 Å². The molecule has 4 heteroatoms. The number of carboxylic acid groups (broad SMARTS) is 1. The lowest BCUT2D eigenvalue weighted by Crippen LogP contribution is -2.33. The number of carboxylic acids is 1. The molecule has 0 radical (unpaired) electrons. The fraction of sp³-hybridized carbons (Fsp3) is 0.235. The van der Waals surface area contributed by atoms with Gasteiger partial charge in [0.25, 0.3) is 0 Å². The number of nitrogens with zero attached hydrogens (tertiary/aromatic N) is 1. The molecular weight excluding hydrogens is 330 g/mol. The fourth-order valence-corrected chi connectivity index (χ4v) is 3.45. The third-order valence-corrected chi connectivity index (χ3v) is 4.64. The number of para-hydroxylation sites is 1. The van der Waals surface area contributed by atoms with Crippen molar-refractivity contribution in [3.8, 4) is 0 Å². The molecule has 0 amide bonds. The summed E-state index contributed by atoms with van der Waals surface area (Å²) in [5.74, 6) is -0.916. The topological polar surface area (TPSA) is 40.5 Å². The van der Waals surface area contributed by atoms with Crippen molar-refractivity contribution in [2.24, 2.45) is 0 Å². The molecule has 0 aromatic heterocycles. The summed E-state index contributed by atoms with van der Waals surface area (Å²) in [5, 5.41) is 9.13. The van der Waals surface area contributed by atoms with Crippen LogP contribution < -0.4 is 4.90 Å². The molecule has 1 atom stereocenters. The second kappa shape index (κ2) is 5.53. The summed E-state index contributed by atoms with van der Waals surface area (Å²) in [6.45, 7) is 2.20. The van der Waals surface area contributed by atoms with Gasteiger partial charge in [0.2, 0.25) is 0 Å². The van der Waals surface area contributed by atoms with Gasteiger partial charge in [0.05, 0.1) is 5.56 Å². The quantitative estimate of drug-likeness (QED) is 0.863. The van der Waals surface area contributed by atoms with E-state index >= 15 is 0 Å². The molecule has 3 rings (SSSR count). The number of halogens is 1. The zero-order valence-electron chi connectivity index (χ0n) is 11.7. The predicted octanol–water partition coefficient (Wildman–Crippen LogP) is 4.62. The zero-order valence-corrected chi connectivity index (χ0v) is 13.3. The summed E-state index contributed by atoms with van der Waals surface area (Å²) >= 11 is 3.37. The first-order valence-corrected chi connectivity index (χ1v) is 7.77. The number of benzene rings is 2. The van der Waals surface area contributed by atoms with Crippen LogP contribution in [-0.2, 0) is 6.42 Å². The van der Waals surface area contributed by atoms with Crippen LogP contribution in [0.5, 0.6) is 0 Å². The summed E-state index contributed by atoms with van der Waals surface area (Å²) in [7, 11) is 0. The van der Waals surface area contributed by atoms with Crippen molar-refractivity contribution >= 4 is 33.3 Å².